The molecular weight excluding hydrogens is 432 g/mol. The monoisotopic (exact) mass is 462 g/mol. The Morgan fingerprint density at radius 3 is 2.15 bits per heavy atom. The lowest BCUT2D eigenvalue weighted by atomic mass is 9.97. The van der Waals surface area contributed by atoms with Crippen LogP contribution >= 0.6 is 0 Å². The number of hydrogen-bond acceptors (Lipinski definition) is 3. The van der Waals surface area contributed by atoms with Crippen molar-refractivity contribution in [2.24, 2.45) is 0 Å². The van der Waals surface area contributed by atoms with Crippen LogP contribution in [0.3, 0.4) is 0 Å². The highest BCUT2D eigenvalue weighted by atomic mass is 32.2. The zero-order chi connectivity index (χ0) is 23.4. The molecule has 0 unspecified atom stereocenters. The summed E-state index contributed by atoms with van der Waals surface area (Å²) in [6.07, 6.45) is 2.79. The number of amides is 1. The SMILES string of the molecule is Cc1ccc([C@H](NC(=O)c2cc(S(=O)(=O)N3CCCCC3)ccc2C)c2ccccc2)cc1. The van der Waals surface area contributed by atoms with Crippen molar-refractivity contribution in [2.45, 2.75) is 44.0 Å². The van der Waals surface area contributed by atoms with Gasteiger partial charge in [-0.05, 0) is 55.5 Å². The molecule has 3 aromatic carbocycles. The zero-order valence-corrected chi connectivity index (χ0v) is 19.9. The quantitative estimate of drug-likeness (QED) is 0.561. The van der Waals surface area contributed by atoms with Crippen molar-refractivity contribution in [3.05, 3.63) is 101 Å². The first kappa shape index (κ1) is 23.2. The maximum atomic E-state index is 13.4. The van der Waals surface area contributed by atoms with Gasteiger partial charge in [0.15, 0.2) is 0 Å². The molecule has 172 valence electrons. The van der Waals surface area contributed by atoms with E-state index in [1.165, 1.54) is 10.4 Å². The summed E-state index contributed by atoms with van der Waals surface area (Å²) in [6.45, 7) is 4.91. The number of aryl methyl sites for hydroxylation is 2. The molecule has 0 bridgehead atoms. The number of carbonyl (C=O) groups is 1. The Morgan fingerprint density at radius 1 is 0.848 bits per heavy atom. The van der Waals surface area contributed by atoms with Crippen LogP contribution in [0.5, 0.6) is 0 Å². The number of nitrogens with one attached hydrogen (secondary N) is 1. The minimum Gasteiger partial charge on any atom is -0.341 e. The lowest BCUT2D eigenvalue weighted by molar-refractivity contribution is 0.0942. The molecule has 5 nitrogen and oxygen atoms in total. The summed E-state index contributed by atoms with van der Waals surface area (Å²) in [5.74, 6) is -0.294. The number of piperidine rings is 1. The third-order valence-corrected chi connectivity index (χ3v) is 8.12. The molecular formula is C27H30N2O3S. The average Bonchev–Trinajstić information content (AvgIpc) is 2.84. The van der Waals surface area contributed by atoms with E-state index in [1.54, 1.807) is 12.1 Å². The molecule has 6 heteroatoms. The molecule has 3 aromatic rings. The van der Waals surface area contributed by atoms with Gasteiger partial charge in [-0.1, -0.05) is 72.6 Å². The van der Waals surface area contributed by atoms with Crippen LogP contribution in [0.25, 0.3) is 0 Å². The lowest BCUT2D eigenvalue weighted by Gasteiger charge is -2.26. The number of nitrogens with zero attached hydrogens (tertiary/aromatic N) is 1. The molecule has 0 spiro atoms. The van der Waals surface area contributed by atoms with Crippen molar-refractivity contribution >= 4 is 15.9 Å². The topological polar surface area (TPSA) is 66.5 Å². The van der Waals surface area contributed by atoms with Gasteiger partial charge in [0.2, 0.25) is 10.0 Å². The average molecular weight is 463 g/mol. The van der Waals surface area contributed by atoms with Gasteiger partial charge in [-0.3, -0.25) is 4.79 Å². The van der Waals surface area contributed by atoms with Crippen LogP contribution < -0.4 is 5.32 Å². The van der Waals surface area contributed by atoms with E-state index in [4.69, 9.17) is 0 Å². The Bertz CT molecular complexity index is 1220. The summed E-state index contributed by atoms with van der Waals surface area (Å²) in [5, 5.41) is 3.14. The van der Waals surface area contributed by atoms with Crippen LogP contribution in [-0.4, -0.2) is 31.7 Å². The minimum atomic E-state index is -3.62. The second-order valence-corrected chi connectivity index (χ2v) is 10.6. The summed E-state index contributed by atoms with van der Waals surface area (Å²) in [6, 6.07) is 22.4. The molecule has 0 radical (unpaired) electrons. The van der Waals surface area contributed by atoms with E-state index >= 15 is 0 Å². The molecule has 33 heavy (non-hydrogen) atoms. The van der Waals surface area contributed by atoms with E-state index in [1.807, 2.05) is 68.4 Å². The zero-order valence-electron chi connectivity index (χ0n) is 19.1. The number of rotatable bonds is 6. The molecule has 1 N–H and O–H groups in total. The van der Waals surface area contributed by atoms with Gasteiger partial charge < -0.3 is 5.32 Å². The summed E-state index contributed by atoms with van der Waals surface area (Å²) in [7, 11) is -3.62. The summed E-state index contributed by atoms with van der Waals surface area (Å²) < 4.78 is 27.9. The van der Waals surface area contributed by atoms with Gasteiger partial charge in [-0.2, -0.15) is 4.31 Å². The number of sulfonamides is 1. The van der Waals surface area contributed by atoms with Crippen molar-refractivity contribution in [1.82, 2.24) is 9.62 Å². The highest BCUT2D eigenvalue weighted by Crippen LogP contribution is 2.26. The summed E-state index contributed by atoms with van der Waals surface area (Å²) in [4.78, 5) is 13.6. The van der Waals surface area contributed by atoms with Crippen LogP contribution in [0, 0.1) is 13.8 Å². The van der Waals surface area contributed by atoms with E-state index in [9.17, 15) is 13.2 Å². The molecule has 1 fully saturated rings. The van der Waals surface area contributed by atoms with Crippen molar-refractivity contribution < 1.29 is 13.2 Å². The number of hydrogen-bond donors (Lipinski definition) is 1. The van der Waals surface area contributed by atoms with Crippen LogP contribution in [0.15, 0.2) is 77.7 Å². The van der Waals surface area contributed by atoms with Gasteiger partial charge in [0.05, 0.1) is 10.9 Å². The van der Waals surface area contributed by atoms with Crippen molar-refractivity contribution in [3.63, 3.8) is 0 Å². The third kappa shape index (κ3) is 5.18. The van der Waals surface area contributed by atoms with Gasteiger partial charge in [-0.15, -0.1) is 0 Å². The van der Waals surface area contributed by atoms with Gasteiger partial charge in [0.25, 0.3) is 5.91 Å². The van der Waals surface area contributed by atoms with Crippen LogP contribution in [0.2, 0.25) is 0 Å². The second kappa shape index (κ2) is 9.89. The van der Waals surface area contributed by atoms with E-state index in [0.29, 0.717) is 18.7 Å². The molecule has 1 aliphatic heterocycles. The summed E-state index contributed by atoms with van der Waals surface area (Å²) in [5.41, 5.74) is 4.18. The van der Waals surface area contributed by atoms with Gasteiger partial charge in [-0.25, -0.2) is 8.42 Å². The van der Waals surface area contributed by atoms with Gasteiger partial charge >= 0.3 is 0 Å². The fourth-order valence-electron chi connectivity index (χ4n) is 4.23. The predicted molar refractivity (Wildman–Crippen MR) is 131 cm³/mol. The standard InChI is InChI=1S/C27H30N2O3S/c1-20-11-14-23(15-12-20)26(22-9-5-3-6-10-22)28-27(30)25-19-24(16-13-21(25)2)33(31,32)29-17-7-4-8-18-29/h3,5-6,9-16,19,26H,4,7-8,17-18H2,1-2H3,(H,28,30)/t26-/m1/s1. The Kier molecular flexibility index (Phi) is 6.96. The van der Waals surface area contributed by atoms with Gasteiger partial charge in [0.1, 0.15) is 0 Å². The molecule has 1 aliphatic rings. The van der Waals surface area contributed by atoms with E-state index in [2.05, 4.69) is 5.32 Å². The Morgan fingerprint density at radius 2 is 1.48 bits per heavy atom. The minimum absolute atomic E-state index is 0.173. The molecule has 4 rings (SSSR count). The number of benzene rings is 3. The lowest BCUT2D eigenvalue weighted by Crippen LogP contribution is -2.36. The third-order valence-electron chi connectivity index (χ3n) is 6.23. The van der Waals surface area contributed by atoms with Crippen molar-refractivity contribution in [3.8, 4) is 0 Å². The van der Waals surface area contributed by atoms with Crippen molar-refractivity contribution in [1.29, 1.82) is 0 Å². The van der Waals surface area contributed by atoms with E-state index < -0.39 is 10.0 Å². The molecule has 0 aromatic heterocycles. The Hall–Kier alpha value is -2.96. The van der Waals surface area contributed by atoms with Crippen LogP contribution in [0.4, 0.5) is 0 Å². The fourth-order valence-corrected chi connectivity index (χ4v) is 5.78. The smallest absolute Gasteiger partial charge is 0.252 e. The second-order valence-electron chi connectivity index (χ2n) is 8.67. The van der Waals surface area contributed by atoms with Crippen molar-refractivity contribution in [2.75, 3.05) is 13.1 Å². The largest absolute Gasteiger partial charge is 0.341 e. The highest BCUT2D eigenvalue weighted by Gasteiger charge is 2.27. The normalized spacial score (nSPS) is 15.7. The molecule has 1 atom stereocenters. The molecule has 1 saturated heterocycles. The Labute approximate surface area is 196 Å². The van der Waals surface area contributed by atoms with E-state index in [-0.39, 0.29) is 16.8 Å². The van der Waals surface area contributed by atoms with Crippen LogP contribution in [-0.2, 0) is 10.0 Å². The molecule has 1 heterocycles. The maximum absolute atomic E-state index is 13.4. The summed E-state index contributed by atoms with van der Waals surface area (Å²) >= 11 is 0. The number of carbonyl (C=O) groups excluding carboxylic acids is 1. The van der Waals surface area contributed by atoms with Crippen LogP contribution in [0.1, 0.15) is 57.9 Å². The Balaban J connectivity index is 1.66. The predicted octanol–water partition coefficient (Wildman–Crippen LogP) is 5.00. The first-order valence-electron chi connectivity index (χ1n) is 11.4. The maximum Gasteiger partial charge on any atom is 0.252 e. The first-order chi connectivity index (χ1) is 15.9. The highest BCUT2D eigenvalue weighted by molar-refractivity contribution is 7.89. The molecule has 1 amide bonds. The molecule has 0 aliphatic carbocycles. The fraction of sp³-hybridized carbons (Fsp3) is 0.296. The first-order valence-corrected chi connectivity index (χ1v) is 12.8. The molecule has 0 saturated carbocycles. The van der Waals surface area contributed by atoms with E-state index in [0.717, 1.165) is 41.5 Å². The van der Waals surface area contributed by atoms with Gasteiger partial charge in [0, 0.05) is 18.7 Å².